The molecule has 2 amide bonds. The van der Waals surface area contributed by atoms with Gasteiger partial charge in [0.05, 0.1) is 0 Å². The summed E-state index contributed by atoms with van der Waals surface area (Å²) in [5.41, 5.74) is 5.49. The summed E-state index contributed by atoms with van der Waals surface area (Å²) in [6.07, 6.45) is 15.2. The van der Waals surface area contributed by atoms with Gasteiger partial charge in [0.1, 0.15) is 19.3 Å². The maximum atomic E-state index is 13.9. The monoisotopic (exact) mass is 734 g/mol. The van der Waals surface area contributed by atoms with Crippen molar-refractivity contribution in [2.75, 3.05) is 19.8 Å². The first-order valence-electron chi connectivity index (χ1n) is 21.3. The van der Waals surface area contributed by atoms with Gasteiger partial charge >= 0.3 is 12.1 Å². The zero-order valence-electron chi connectivity index (χ0n) is 32.9. The number of nitrogens with zero attached hydrogens (tertiary/aromatic N) is 1. The first-order chi connectivity index (χ1) is 26.1. The molecule has 1 aliphatic heterocycles. The quantitative estimate of drug-likeness (QED) is 0.194. The molecular formula is C47H62N2O5. The zero-order chi connectivity index (χ0) is 37.6. The van der Waals surface area contributed by atoms with E-state index >= 15 is 0 Å². The molecule has 1 saturated heterocycles. The van der Waals surface area contributed by atoms with E-state index in [0.717, 1.165) is 43.4 Å². The van der Waals surface area contributed by atoms with Gasteiger partial charge in [0.2, 0.25) is 5.91 Å². The number of benzene rings is 2. The van der Waals surface area contributed by atoms with Gasteiger partial charge in [-0.25, -0.2) is 4.79 Å². The van der Waals surface area contributed by atoms with Gasteiger partial charge in [0.25, 0.3) is 0 Å². The molecule has 0 bridgehead atoms. The second-order valence-electron chi connectivity index (χ2n) is 18.5. The second kappa shape index (κ2) is 15.1. The van der Waals surface area contributed by atoms with E-state index in [1.54, 1.807) is 11.0 Å². The van der Waals surface area contributed by atoms with Crippen LogP contribution in [-0.4, -0.2) is 54.7 Å². The van der Waals surface area contributed by atoms with Crippen molar-refractivity contribution in [3.8, 4) is 11.1 Å². The summed E-state index contributed by atoms with van der Waals surface area (Å²) in [6.45, 7) is 12.4. The number of hydrogen-bond donors (Lipinski definition) is 1. The summed E-state index contributed by atoms with van der Waals surface area (Å²) >= 11 is 0. The fourth-order valence-corrected chi connectivity index (χ4v) is 13.4. The van der Waals surface area contributed by atoms with Gasteiger partial charge in [-0.2, -0.15) is 0 Å². The van der Waals surface area contributed by atoms with E-state index < -0.39 is 6.04 Å². The van der Waals surface area contributed by atoms with Crippen LogP contribution < -0.4 is 5.32 Å². The molecule has 8 rings (SSSR count). The number of hydrogen-bond acceptors (Lipinski definition) is 5. The first-order valence-corrected chi connectivity index (χ1v) is 21.3. The summed E-state index contributed by atoms with van der Waals surface area (Å²) in [7, 11) is 0. The third-order valence-electron chi connectivity index (χ3n) is 16.1. The average molecular weight is 735 g/mol. The molecule has 4 saturated carbocycles. The van der Waals surface area contributed by atoms with E-state index in [-0.39, 0.29) is 36.5 Å². The predicted octanol–water partition coefficient (Wildman–Crippen LogP) is 9.69. The summed E-state index contributed by atoms with van der Waals surface area (Å²) in [4.78, 5) is 41.4. The average Bonchev–Trinajstić information content (AvgIpc) is 3.90. The largest absolute Gasteiger partial charge is 0.461 e. The molecule has 54 heavy (non-hydrogen) atoms. The van der Waals surface area contributed by atoms with Crippen LogP contribution >= 0.6 is 0 Å². The molecule has 10 atom stereocenters. The number of amides is 2. The third-order valence-corrected chi connectivity index (χ3v) is 16.1. The highest BCUT2D eigenvalue weighted by molar-refractivity contribution is 5.86. The van der Waals surface area contributed by atoms with Gasteiger partial charge in [-0.1, -0.05) is 82.0 Å². The van der Waals surface area contributed by atoms with Gasteiger partial charge in [-0.05, 0) is 146 Å². The summed E-state index contributed by atoms with van der Waals surface area (Å²) in [5, 5.41) is 3.46. The number of fused-ring (bicyclic) bond motifs is 8. The number of nitrogens with one attached hydrogen (secondary N) is 1. The molecule has 6 aliphatic rings. The molecule has 1 heterocycles. The molecule has 290 valence electrons. The van der Waals surface area contributed by atoms with Crippen LogP contribution in [0.4, 0.5) is 4.79 Å². The van der Waals surface area contributed by atoms with Crippen molar-refractivity contribution >= 4 is 18.0 Å². The van der Waals surface area contributed by atoms with Gasteiger partial charge in [0.15, 0.2) is 0 Å². The van der Waals surface area contributed by atoms with Crippen molar-refractivity contribution in [2.24, 2.45) is 46.3 Å². The van der Waals surface area contributed by atoms with Crippen molar-refractivity contribution < 1.29 is 23.9 Å². The number of likely N-dealkylation sites (tertiary alicyclic amines) is 1. The minimum absolute atomic E-state index is 0.00295. The lowest BCUT2D eigenvalue weighted by Crippen LogP contribution is -2.56. The Morgan fingerprint density at radius 1 is 0.889 bits per heavy atom. The molecule has 0 radical (unpaired) electrons. The Bertz CT molecular complexity index is 1690. The topological polar surface area (TPSA) is 84.9 Å². The number of rotatable bonds is 10. The Balaban J connectivity index is 0.849. The maximum absolute atomic E-state index is 13.9. The van der Waals surface area contributed by atoms with E-state index in [2.05, 4.69) is 69.1 Å². The van der Waals surface area contributed by atoms with Crippen LogP contribution in [-0.2, 0) is 19.1 Å². The molecule has 5 aliphatic carbocycles. The Morgan fingerprint density at radius 3 is 2.33 bits per heavy atom. The Kier molecular flexibility index (Phi) is 10.5. The molecule has 0 aromatic heterocycles. The van der Waals surface area contributed by atoms with Crippen LogP contribution in [0.25, 0.3) is 11.1 Å². The summed E-state index contributed by atoms with van der Waals surface area (Å²) < 4.78 is 11.3. The third kappa shape index (κ3) is 6.59. The van der Waals surface area contributed by atoms with Gasteiger partial charge in [-0.15, -0.1) is 0 Å². The summed E-state index contributed by atoms with van der Waals surface area (Å²) in [5.74, 6) is 4.05. The Morgan fingerprint density at radius 2 is 1.59 bits per heavy atom. The zero-order valence-corrected chi connectivity index (χ0v) is 32.9. The fourth-order valence-electron chi connectivity index (χ4n) is 13.4. The molecule has 2 aromatic rings. The lowest BCUT2D eigenvalue weighted by molar-refractivity contribution is -0.143. The van der Waals surface area contributed by atoms with Crippen LogP contribution in [0.15, 0.2) is 61.2 Å². The minimum atomic E-state index is -0.462. The standard InChI is InChI=1S/C47H62N2O5/c1-5-27-53-43(50)21-16-30(2)39-19-20-40-37-18-17-31-28-32(22-24-46(31,3)41(37)23-25-47(39,40)4)48-44(51)42-15-10-26-49(42)45(52)54-29-38-35-13-8-6-11-33(35)34-12-7-9-14-36(34)38/h5-9,11-14,30-32,37-42H,1,10,15-29H2,2-4H3,(H,48,51)/t30-,31-,32-,37?,39?,40?,41?,42?,46+,47-/m1/s1. The van der Waals surface area contributed by atoms with Gasteiger partial charge in [-0.3, -0.25) is 14.5 Å². The van der Waals surface area contributed by atoms with Crippen molar-refractivity contribution in [3.63, 3.8) is 0 Å². The normalized spacial score (nSPS) is 34.4. The van der Waals surface area contributed by atoms with E-state index in [0.29, 0.717) is 54.6 Å². The number of esters is 1. The van der Waals surface area contributed by atoms with E-state index in [1.165, 1.54) is 67.2 Å². The van der Waals surface area contributed by atoms with Crippen LogP contribution in [0, 0.1) is 46.3 Å². The SMILES string of the molecule is C=CCOC(=O)CC[C@@H](C)C1CCC2C3CC[C@@H]4C[C@H](NC(=O)C5CCCN5C(=O)OCC5c6ccccc6-c6ccccc65)CC[C@]4(C)C3CC[C@@]21C. The smallest absolute Gasteiger partial charge is 0.410 e. The molecular weight excluding hydrogens is 673 g/mol. The first kappa shape index (κ1) is 37.3. The maximum Gasteiger partial charge on any atom is 0.410 e. The molecule has 2 aromatic carbocycles. The van der Waals surface area contributed by atoms with Crippen molar-refractivity contribution in [2.45, 2.75) is 122 Å². The summed E-state index contributed by atoms with van der Waals surface area (Å²) in [6, 6.07) is 16.5. The lowest BCUT2D eigenvalue weighted by Gasteiger charge is -2.61. The molecule has 5 unspecified atom stereocenters. The van der Waals surface area contributed by atoms with Gasteiger partial charge < -0.3 is 14.8 Å². The molecule has 0 spiro atoms. The number of carbonyl (C=O) groups is 3. The van der Waals surface area contributed by atoms with Crippen LogP contribution in [0.2, 0.25) is 0 Å². The predicted molar refractivity (Wildman–Crippen MR) is 211 cm³/mol. The molecule has 7 heteroatoms. The van der Waals surface area contributed by atoms with Crippen LogP contribution in [0.3, 0.4) is 0 Å². The Labute approximate surface area is 323 Å². The number of ether oxygens (including phenoxy) is 2. The Hall–Kier alpha value is -3.61. The molecule has 5 fully saturated rings. The fraction of sp³-hybridized carbons (Fsp3) is 0.638. The highest BCUT2D eigenvalue weighted by atomic mass is 16.6. The second-order valence-corrected chi connectivity index (χ2v) is 18.5. The highest BCUT2D eigenvalue weighted by Crippen LogP contribution is 2.68. The number of carbonyl (C=O) groups excluding carboxylic acids is 3. The minimum Gasteiger partial charge on any atom is -0.461 e. The highest BCUT2D eigenvalue weighted by Gasteiger charge is 2.60. The lowest BCUT2D eigenvalue weighted by atomic mass is 9.44. The van der Waals surface area contributed by atoms with Crippen molar-refractivity contribution in [1.82, 2.24) is 10.2 Å². The van der Waals surface area contributed by atoms with E-state index in [4.69, 9.17) is 9.47 Å². The van der Waals surface area contributed by atoms with Crippen molar-refractivity contribution in [1.29, 1.82) is 0 Å². The molecule has 1 N–H and O–H groups in total. The van der Waals surface area contributed by atoms with E-state index in [9.17, 15) is 14.4 Å². The van der Waals surface area contributed by atoms with Crippen LogP contribution in [0.1, 0.15) is 121 Å². The van der Waals surface area contributed by atoms with E-state index in [1.807, 2.05) is 12.1 Å². The van der Waals surface area contributed by atoms with Gasteiger partial charge in [0, 0.05) is 24.9 Å². The van der Waals surface area contributed by atoms with Crippen molar-refractivity contribution in [3.05, 3.63) is 72.3 Å². The molecule has 7 nitrogen and oxygen atoms in total. The van der Waals surface area contributed by atoms with Crippen LogP contribution in [0.5, 0.6) is 0 Å².